The molecule has 21 nitrogen and oxygen atoms in total. The second-order valence-corrected chi connectivity index (χ2v) is 27.5. The minimum Gasteiger partial charge on any atom is -0.396 e. The molecule has 8 aliphatic rings. The highest BCUT2D eigenvalue weighted by atomic mass is 16.8. The molecule has 15 unspecified atom stereocenters. The van der Waals surface area contributed by atoms with Crippen molar-refractivity contribution >= 4 is 0 Å². The summed E-state index contributed by atoms with van der Waals surface area (Å²) in [5.41, 5.74) is 0.725. The SMILES string of the molecule is COCC1O[C@H](O[C@@H]2C(COC)O[C@H](O[C@@H]3C(COC)O[C@H](O[C@@H]4C(COC)OC(O[C@H]5CC[C@@]6(C)C(CCC7C8CCC(C(C)CCCC(C)C)[C@@]8(C)CCC76)C5)C(OC)[C@H]4CO)C(OC)[C@H]3CO)C(OC)[C@H]2CO)C(OC)[C@@H](CO)[C@@H]1CO. The van der Waals surface area contributed by atoms with Gasteiger partial charge < -0.3 is 101 Å². The van der Waals surface area contributed by atoms with Crippen LogP contribution < -0.4 is 0 Å². The maximum absolute atomic E-state index is 11.4. The highest BCUT2D eigenvalue weighted by Crippen LogP contribution is 2.68. The van der Waals surface area contributed by atoms with E-state index in [0.717, 1.165) is 54.8 Å². The van der Waals surface area contributed by atoms with Crippen molar-refractivity contribution in [3.63, 3.8) is 0 Å². The average Bonchev–Trinajstić information content (AvgIpc) is 1.96. The maximum atomic E-state index is 11.4. The number of fused-ring (bicyclic) bond motifs is 5. The summed E-state index contributed by atoms with van der Waals surface area (Å²) in [6.07, 6.45) is 1.36. The van der Waals surface area contributed by atoms with E-state index in [4.69, 9.17) is 75.8 Å². The number of aliphatic hydroxyl groups excluding tert-OH is 5. The third-order valence-corrected chi connectivity index (χ3v) is 22.9. The van der Waals surface area contributed by atoms with E-state index in [1.54, 1.807) is 14.2 Å². The molecule has 0 spiro atoms. The molecule has 0 aromatic carbocycles. The Labute approximate surface area is 507 Å². The molecule has 496 valence electrons. The summed E-state index contributed by atoms with van der Waals surface area (Å²) in [4.78, 5) is 0. The van der Waals surface area contributed by atoms with Gasteiger partial charge in [0.25, 0.3) is 0 Å². The third kappa shape index (κ3) is 14.7. The standard InChI is InChI=1S/C64H114O21/c1-35(2)15-14-16-36(3)45-19-20-46-39-18-17-37-25-38(21-23-63(37,4)47(39)22-24-64(45,46)5)78-59-56(75-11)42(28-67)52(49(80-59)32-71-7)84-61-58(77-13)44(30-69)54(51(82-61)34-73-9)85-62-57(76-12)43(29-68)53(50(81-62)33-72-8)83-60-55(74-10)41(27-66)40(26-65)48(79-60)31-70-6/h35-62,65-69H,14-34H2,1-13H3/t36?,37?,38-,39?,40-,41-,42-,43-,44-,45?,46?,47?,48?,49?,50?,51?,52-,53-,54-,55?,56?,57?,58?,59?,60+,61+,62+,63-,64+/m0/s1. The third-order valence-electron chi connectivity index (χ3n) is 22.9. The Morgan fingerprint density at radius 2 is 0.835 bits per heavy atom. The normalized spacial score (nSPS) is 46.2. The predicted molar refractivity (Wildman–Crippen MR) is 311 cm³/mol. The lowest BCUT2D eigenvalue weighted by molar-refractivity contribution is -0.386. The molecule has 4 saturated heterocycles. The van der Waals surface area contributed by atoms with E-state index in [9.17, 15) is 25.5 Å². The Morgan fingerprint density at radius 3 is 1.27 bits per heavy atom. The van der Waals surface area contributed by atoms with E-state index >= 15 is 0 Å². The molecule has 8 rings (SSSR count). The van der Waals surface area contributed by atoms with Crippen LogP contribution in [0, 0.1) is 81.8 Å². The molecule has 0 aromatic heterocycles. The van der Waals surface area contributed by atoms with Crippen LogP contribution in [-0.2, 0) is 75.8 Å². The first-order valence-corrected chi connectivity index (χ1v) is 32.4. The molecule has 4 aliphatic carbocycles. The molecule has 21 heteroatoms. The topological polar surface area (TPSA) is 249 Å². The number of aliphatic hydroxyl groups is 5. The lowest BCUT2D eigenvalue weighted by Gasteiger charge is -2.61. The van der Waals surface area contributed by atoms with Crippen LogP contribution in [0.3, 0.4) is 0 Å². The largest absolute Gasteiger partial charge is 0.396 e. The first-order valence-electron chi connectivity index (χ1n) is 32.4. The molecule has 8 fully saturated rings. The second kappa shape index (κ2) is 32.1. The number of hydrogen-bond acceptors (Lipinski definition) is 21. The Kier molecular flexibility index (Phi) is 26.5. The fourth-order valence-electron chi connectivity index (χ4n) is 18.6. The van der Waals surface area contributed by atoms with Crippen LogP contribution in [-0.4, -0.2) is 240 Å². The molecule has 4 aliphatic heterocycles. The van der Waals surface area contributed by atoms with Gasteiger partial charge in [0.2, 0.25) is 0 Å². The Hall–Kier alpha value is -0.840. The van der Waals surface area contributed by atoms with Crippen LogP contribution in [0.1, 0.15) is 112 Å². The van der Waals surface area contributed by atoms with Gasteiger partial charge in [0.1, 0.15) is 42.7 Å². The average molecular weight is 1220 g/mol. The smallest absolute Gasteiger partial charge is 0.185 e. The van der Waals surface area contributed by atoms with Crippen LogP contribution >= 0.6 is 0 Å². The van der Waals surface area contributed by atoms with Crippen LogP contribution in [0.15, 0.2) is 0 Å². The van der Waals surface area contributed by atoms with Crippen molar-refractivity contribution < 1.29 is 101 Å². The Balaban J connectivity index is 0.942. The highest BCUT2D eigenvalue weighted by Gasteiger charge is 2.62. The molecule has 4 heterocycles. The molecule has 4 saturated carbocycles. The number of methoxy groups -OCH3 is 8. The van der Waals surface area contributed by atoms with E-state index in [-0.39, 0.29) is 57.8 Å². The summed E-state index contributed by atoms with van der Waals surface area (Å²) in [5.74, 6) is 1.94. The number of hydrogen-bond donors (Lipinski definition) is 5. The maximum Gasteiger partial charge on any atom is 0.185 e. The fraction of sp³-hybridized carbons (Fsp3) is 1.00. The lowest BCUT2D eigenvalue weighted by Crippen LogP contribution is -2.66. The van der Waals surface area contributed by atoms with Gasteiger partial charge in [0.15, 0.2) is 25.2 Å². The quantitative estimate of drug-likeness (QED) is 0.0577. The van der Waals surface area contributed by atoms with Crippen molar-refractivity contribution in [3.8, 4) is 0 Å². The minimum atomic E-state index is -1.19. The molecular formula is C64H114O21. The molecule has 5 N–H and O–H groups in total. The first-order chi connectivity index (χ1) is 41.0. The van der Waals surface area contributed by atoms with Crippen LogP contribution in [0.4, 0.5) is 0 Å². The fourth-order valence-corrected chi connectivity index (χ4v) is 18.6. The van der Waals surface area contributed by atoms with Crippen LogP contribution in [0.25, 0.3) is 0 Å². The summed E-state index contributed by atoms with van der Waals surface area (Å²) in [6, 6.07) is 0. The van der Waals surface area contributed by atoms with Gasteiger partial charge in [0.05, 0.1) is 76.8 Å². The number of ether oxygens (including phenoxy) is 16. The van der Waals surface area contributed by atoms with E-state index in [0.29, 0.717) is 11.3 Å². The van der Waals surface area contributed by atoms with E-state index in [1.807, 2.05) is 0 Å². The van der Waals surface area contributed by atoms with E-state index in [1.165, 1.54) is 100 Å². The molecule has 0 amide bonds. The Morgan fingerprint density at radius 1 is 0.424 bits per heavy atom. The zero-order valence-corrected chi connectivity index (χ0v) is 53.8. The zero-order chi connectivity index (χ0) is 61.3. The summed E-state index contributed by atoms with van der Waals surface area (Å²) >= 11 is 0. The predicted octanol–water partition coefficient (Wildman–Crippen LogP) is 5.24. The highest BCUT2D eigenvalue weighted by molar-refractivity contribution is 5.10. The van der Waals surface area contributed by atoms with Gasteiger partial charge in [-0.05, 0) is 110 Å². The molecule has 0 aromatic rings. The van der Waals surface area contributed by atoms with E-state index < -0.39 is 135 Å². The van der Waals surface area contributed by atoms with Gasteiger partial charge in [-0.15, -0.1) is 0 Å². The van der Waals surface area contributed by atoms with E-state index in [2.05, 4.69) is 34.6 Å². The van der Waals surface area contributed by atoms with Crippen molar-refractivity contribution in [1.82, 2.24) is 0 Å². The van der Waals surface area contributed by atoms with Gasteiger partial charge >= 0.3 is 0 Å². The lowest BCUT2D eigenvalue weighted by atomic mass is 9.44. The summed E-state index contributed by atoms with van der Waals surface area (Å²) in [5, 5.41) is 54.8. The monoisotopic (exact) mass is 1220 g/mol. The van der Waals surface area contributed by atoms with Crippen molar-refractivity contribution in [2.24, 2.45) is 81.8 Å². The van der Waals surface area contributed by atoms with Gasteiger partial charge in [-0.1, -0.05) is 53.9 Å². The van der Waals surface area contributed by atoms with Gasteiger partial charge in [0, 0.05) is 99.7 Å². The molecular weight excluding hydrogens is 1100 g/mol. The molecule has 85 heavy (non-hydrogen) atoms. The van der Waals surface area contributed by atoms with Crippen LogP contribution in [0.2, 0.25) is 0 Å². The van der Waals surface area contributed by atoms with Crippen molar-refractivity contribution in [2.45, 2.75) is 210 Å². The molecule has 29 atom stereocenters. The zero-order valence-electron chi connectivity index (χ0n) is 53.8. The van der Waals surface area contributed by atoms with Gasteiger partial charge in [-0.25, -0.2) is 0 Å². The first kappa shape index (κ1) is 70.0. The molecule has 0 radical (unpaired) electrons. The molecule has 0 bridgehead atoms. The number of rotatable bonds is 30. The van der Waals surface area contributed by atoms with Gasteiger partial charge in [-0.3, -0.25) is 0 Å². The summed E-state index contributed by atoms with van der Waals surface area (Å²) in [7, 11) is 12.2. The second-order valence-electron chi connectivity index (χ2n) is 27.5. The van der Waals surface area contributed by atoms with Crippen molar-refractivity contribution in [1.29, 1.82) is 0 Å². The van der Waals surface area contributed by atoms with Crippen LogP contribution in [0.5, 0.6) is 0 Å². The van der Waals surface area contributed by atoms with Crippen molar-refractivity contribution in [3.05, 3.63) is 0 Å². The Bertz CT molecular complexity index is 1940. The van der Waals surface area contributed by atoms with Gasteiger partial charge in [-0.2, -0.15) is 0 Å². The summed E-state index contributed by atoms with van der Waals surface area (Å²) in [6.45, 7) is 10.9. The van der Waals surface area contributed by atoms with Crippen molar-refractivity contribution in [2.75, 3.05) is 116 Å². The summed E-state index contributed by atoms with van der Waals surface area (Å²) < 4.78 is 101. The minimum absolute atomic E-state index is 0.0106.